The van der Waals surface area contributed by atoms with Crippen LogP contribution in [0.4, 0.5) is 10.6 Å². The van der Waals surface area contributed by atoms with Crippen LogP contribution in [0, 0.1) is 0 Å². The molecule has 0 radical (unpaired) electrons. The Morgan fingerprint density at radius 1 is 1.18 bits per heavy atom. The molecule has 0 aliphatic carbocycles. The van der Waals surface area contributed by atoms with Gasteiger partial charge in [-0.25, -0.2) is 4.79 Å². The first kappa shape index (κ1) is 19.5. The van der Waals surface area contributed by atoms with Crippen molar-refractivity contribution in [1.82, 2.24) is 20.4 Å². The number of aromatic nitrogens is 2. The molecule has 0 atom stereocenters. The van der Waals surface area contributed by atoms with E-state index in [-0.39, 0.29) is 27.3 Å². The van der Waals surface area contributed by atoms with Crippen LogP contribution in [-0.4, -0.2) is 34.1 Å². The number of benzene rings is 1. The number of allylic oxidation sites excluding steroid dienone is 3. The second-order valence-corrected chi connectivity index (χ2v) is 6.40. The summed E-state index contributed by atoms with van der Waals surface area (Å²) in [5.41, 5.74) is 0.774. The second-order valence-electron chi connectivity index (χ2n) is 5.62. The van der Waals surface area contributed by atoms with E-state index in [2.05, 4.69) is 20.8 Å². The number of halogens is 2. The molecule has 3 N–H and O–H groups in total. The van der Waals surface area contributed by atoms with Crippen LogP contribution in [0.1, 0.15) is 10.4 Å². The first-order valence-electron chi connectivity index (χ1n) is 8.01. The van der Waals surface area contributed by atoms with Gasteiger partial charge in [0.05, 0.1) is 16.3 Å². The lowest BCUT2D eigenvalue weighted by Gasteiger charge is -2.09. The average Bonchev–Trinajstić information content (AvgIpc) is 2.85. The Balaban J connectivity index is 1.65. The standard InChI is InChI=1S/C18H15Cl2N5O3/c1-25-9-5-4-6-11(10-25)21-18(27)28-17-14(20)15(23-24-17)22-16(26)12-7-2-3-8-13(12)19/h2-10H,1H3,(H,21,27)(H2,22,23,24,26). The number of nitrogens with one attached hydrogen (secondary N) is 3. The maximum atomic E-state index is 12.3. The van der Waals surface area contributed by atoms with Crippen molar-refractivity contribution in [1.29, 1.82) is 0 Å². The number of rotatable bonds is 4. The van der Waals surface area contributed by atoms with Crippen LogP contribution in [0.15, 0.2) is 60.6 Å². The van der Waals surface area contributed by atoms with Gasteiger partial charge in [0.15, 0.2) is 5.82 Å². The van der Waals surface area contributed by atoms with E-state index in [0.29, 0.717) is 5.70 Å². The van der Waals surface area contributed by atoms with Gasteiger partial charge < -0.3 is 15.0 Å². The molecule has 0 saturated heterocycles. The lowest BCUT2D eigenvalue weighted by atomic mass is 10.2. The topological polar surface area (TPSA) is 99.3 Å². The zero-order chi connectivity index (χ0) is 20.1. The number of hydrogen-bond donors (Lipinski definition) is 3. The summed E-state index contributed by atoms with van der Waals surface area (Å²) < 4.78 is 5.10. The molecular formula is C18H15Cl2N5O3. The normalized spacial score (nSPS) is 13.0. The van der Waals surface area contributed by atoms with Crippen molar-refractivity contribution in [2.24, 2.45) is 0 Å². The van der Waals surface area contributed by atoms with Crippen LogP contribution in [-0.2, 0) is 0 Å². The quantitative estimate of drug-likeness (QED) is 0.697. The first-order valence-corrected chi connectivity index (χ1v) is 8.77. The van der Waals surface area contributed by atoms with Crippen molar-refractivity contribution in [3.63, 3.8) is 0 Å². The number of nitrogens with zero attached hydrogens (tertiary/aromatic N) is 2. The molecule has 8 nitrogen and oxygen atoms in total. The van der Waals surface area contributed by atoms with E-state index in [1.807, 2.05) is 19.3 Å². The van der Waals surface area contributed by atoms with Crippen molar-refractivity contribution >= 4 is 41.0 Å². The minimum atomic E-state index is -0.788. The summed E-state index contributed by atoms with van der Waals surface area (Å²) >= 11 is 12.1. The van der Waals surface area contributed by atoms with Gasteiger partial charge in [-0.05, 0) is 24.3 Å². The monoisotopic (exact) mass is 419 g/mol. The number of carbonyl (C=O) groups is 2. The highest BCUT2D eigenvalue weighted by Crippen LogP contribution is 2.30. The third kappa shape index (κ3) is 4.73. The number of H-pyrrole nitrogens is 1. The maximum Gasteiger partial charge on any atom is 0.418 e. The van der Waals surface area contributed by atoms with E-state index in [1.54, 1.807) is 47.5 Å². The van der Waals surface area contributed by atoms with Crippen molar-refractivity contribution in [2.45, 2.75) is 0 Å². The van der Waals surface area contributed by atoms with Gasteiger partial charge in [-0.15, -0.1) is 5.10 Å². The van der Waals surface area contributed by atoms with Crippen molar-refractivity contribution < 1.29 is 14.3 Å². The van der Waals surface area contributed by atoms with E-state index in [9.17, 15) is 9.59 Å². The number of anilines is 1. The molecule has 3 rings (SSSR count). The van der Waals surface area contributed by atoms with Crippen LogP contribution in [0.3, 0.4) is 0 Å². The van der Waals surface area contributed by atoms with E-state index < -0.39 is 12.0 Å². The van der Waals surface area contributed by atoms with Crippen LogP contribution in [0.5, 0.6) is 5.88 Å². The summed E-state index contributed by atoms with van der Waals surface area (Å²) in [6.45, 7) is 0. The lowest BCUT2D eigenvalue weighted by Crippen LogP contribution is -2.26. The van der Waals surface area contributed by atoms with Gasteiger partial charge in [0, 0.05) is 19.4 Å². The van der Waals surface area contributed by atoms with Gasteiger partial charge in [-0.1, -0.05) is 41.4 Å². The van der Waals surface area contributed by atoms with E-state index in [1.165, 1.54) is 0 Å². The van der Waals surface area contributed by atoms with Crippen LogP contribution in [0.2, 0.25) is 10.0 Å². The number of amides is 2. The van der Waals surface area contributed by atoms with E-state index in [0.717, 1.165) is 0 Å². The summed E-state index contributed by atoms with van der Waals surface area (Å²) in [4.78, 5) is 26.1. The predicted molar refractivity (Wildman–Crippen MR) is 106 cm³/mol. The molecule has 0 bridgehead atoms. The van der Waals surface area contributed by atoms with Gasteiger partial charge in [-0.3, -0.25) is 15.2 Å². The minimum Gasteiger partial charge on any atom is -0.388 e. The van der Waals surface area contributed by atoms with Crippen molar-refractivity contribution in [2.75, 3.05) is 12.4 Å². The Morgan fingerprint density at radius 3 is 2.75 bits per heavy atom. The Bertz CT molecular complexity index is 997. The molecule has 0 spiro atoms. The Labute approximate surface area is 170 Å². The van der Waals surface area contributed by atoms with Crippen molar-refractivity contribution in [3.8, 4) is 5.88 Å². The molecular weight excluding hydrogens is 405 g/mol. The van der Waals surface area contributed by atoms with Crippen LogP contribution >= 0.6 is 23.2 Å². The molecule has 1 aliphatic heterocycles. The third-order valence-electron chi connectivity index (χ3n) is 3.52. The number of ether oxygens (including phenoxy) is 1. The van der Waals surface area contributed by atoms with Gasteiger partial charge in [-0.2, -0.15) is 0 Å². The summed E-state index contributed by atoms with van der Waals surface area (Å²) in [5.74, 6) is -0.596. The van der Waals surface area contributed by atoms with Crippen molar-refractivity contribution in [3.05, 3.63) is 76.2 Å². The Hall–Kier alpha value is -3.23. The fourth-order valence-corrected chi connectivity index (χ4v) is 2.64. The van der Waals surface area contributed by atoms with E-state index >= 15 is 0 Å². The molecule has 10 heteroatoms. The zero-order valence-corrected chi connectivity index (χ0v) is 16.1. The second kappa shape index (κ2) is 8.64. The summed E-state index contributed by atoms with van der Waals surface area (Å²) in [7, 11) is 1.81. The Kier molecular flexibility index (Phi) is 6.03. The SMILES string of the molecule is CN1C=CC=CC(NC(=O)Oc2n[nH]c(NC(=O)c3ccccc3Cl)c2Cl)=C1. The highest BCUT2D eigenvalue weighted by molar-refractivity contribution is 6.36. The maximum absolute atomic E-state index is 12.3. The van der Waals surface area contributed by atoms with Gasteiger partial charge in [0.1, 0.15) is 5.02 Å². The minimum absolute atomic E-state index is 0.0558. The molecule has 1 aliphatic rings. The third-order valence-corrected chi connectivity index (χ3v) is 4.20. The first-order chi connectivity index (χ1) is 13.4. The average molecular weight is 420 g/mol. The van der Waals surface area contributed by atoms with Gasteiger partial charge in [0.25, 0.3) is 11.8 Å². The largest absolute Gasteiger partial charge is 0.418 e. The van der Waals surface area contributed by atoms with Gasteiger partial charge in [0.2, 0.25) is 0 Å². The summed E-state index contributed by atoms with van der Waals surface area (Å²) in [6.07, 6.45) is 8.00. The van der Waals surface area contributed by atoms with Crippen LogP contribution < -0.4 is 15.4 Å². The van der Waals surface area contributed by atoms with Gasteiger partial charge >= 0.3 is 6.09 Å². The molecule has 2 heterocycles. The number of aromatic amines is 1. The molecule has 1 aromatic carbocycles. The number of hydrogen-bond acceptors (Lipinski definition) is 5. The molecule has 144 valence electrons. The predicted octanol–water partition coefficient (Wildman–Crippen LogP) is 3.91. The summed E-state index contributed by atoms with van der Waals surface area (Å²) in [6, 6.07) is 6.54. The fraction of sp³-hybridized carbons (Fsp3) is 0.0556. The highest BCUT2D eigenvalue weighted by atomic mass is 35.5. The fourth-order valence-electron chi connectivity index (χ4n) is 2.24. The lowest BCUT2D eigenvalue weighted by molar-refractivity contribution is 0.102. The highest BCUT2D eigenvalue weighted by Gasteiger charge is 2.19. The molecule has 0 fully saturated rings. The van der Waals surface area contributed by atoms with E-state index in [4.69, 9.17) is 27.9 Å². The zero-order valence-electron chi connectivity index (χ0n) is 14.6. The molecule has 2 amide bonds. The molecule has 1 aromatic heterocycles. The summed E-state index contributed by atoms with van der Waals surface area (Å²) in [5, 5.41) is 11.6. The molecule has 2 aromatic rings. The van der Waals surface area contributed by atoms with Crippen LogP contribution in [0.25, 0.3) is 0 Å². The molecule has 0 saturated carbocycles. The molecule has 0 unspecified atom stereocenters. The smallest absolute Gasteiger partial charge is 0.388 e. The number of carbonyl (C=O) groups excluding carboxylic acids is 2. The molecule has 28 heavy (non-hydrogen) atoms. The Morgan fingerprint density at radius 2 is 1.96 bits per heavy atom.